The summed E-state index contributed by atoms with van der Waals surface area (Å²) >= 11 is 1.55. The largest absolute Gasteiger partial charge is 0.370 e. The van der Waals surface area contributed by atoms with E-state index in [0.717, 1.165) is 36.3 Å². The van der Waals surface area contributed by atoms with Gasteiger partial charge in [-0.25, -0.2) is 4.68 Å². The van der Waals surface area contributed by atoms with Gasteiger partial charge in [0, 0.05) is 25.9 Å². The number of nitrogens with zero attached hydrogens (tertiary/aromatic N) is 7. The molecule has 0 spiro atoms. The van der Waals surface area contributed by atoms with Gasteiger partial charge in [-0.1, -0.05) is 32.5 Å². The van der Waals surface area contributed by atoms with Gasteiger partial charge >= 0.3 is 0 Å². The van der Waals surface area contributed by atoms with Gasteiger partial charge in [0.15, 0.2) is 11.0 Å². The predicted octanol–water partition coefficient (Wildman–Crippen LogP) is 1.04. The highest BCUT2D eigenvalue weighted by Crippen LogP contribution is 2.22. The number of carbonyl (C=O) groups is 1. The summed E-state index contributed by atoms with van der Waals surface area (Å²) in [7, 11) is 0. The van der Waals surface area contributed by atoms with E-state index >= 15 is 0 Å². The molecule has 0 aliphatic rings. The van der Waals surface area contributed by atoms with Crippen molar-refractivity contribution in [1.82, 2.24) is 35.0 Å². The van der Waals surface area contributed by atoms with Crippen molar-refractivity contribution in [2.75, 3.05) is 0 Å². The number of carbonyl (C=O) groups excluding carboxylic acids is 1. The smallest absolute Gasteiger partial charge is 0.217 e. The summed E-state index contributed by atoms with van der Waals surface area (Å²) in [6, 6.07) is 0. The Balaban J connectivity index is 2.10. The number of hydrogen-bond acceptors (Lipinski definition) is 7. The van der Waals surface area contributed by atoms with Gasteiger partial charge in [0.2, 0.25) is 5.91 Å². The molecule has 132 valence electrons. The second-order valence-corrected chi connectivity index (χ2v) is 6.92. The number of thioether (sulfide) groups is 1. The molecule has 0 radical (unpaired) electrons. The SMILES string of the molecule is CCCn1nnnc1CSc1nnc(CCC(N)=O)n1CC(C)C. The topological polar surface area (TPSA) is 117 Å². The Hall–Kier alpha value is -1.97. The fourth-order valence-corrected chi connectivity index (χ4v) is 3.13. The standard InChI is InChI=1S/C14H24N8OS/c1-4-7-22-13(17-19-20-22)9-24-14-18-16-12(6-5-11(15)23)21(14)8-10(2)3/h10H,4-9H2,1-3H3,(H2,15,23). The van der Waals surface area contributed by atoms with Crippen LogP contribution in [-0.2, 0) is 30.1 Å². The molecule has 2 heterocycles. The molecule has 1 amide bonds. The Kier molecular flexibility index (Phi) is 6.71. The number of primary amides is 1. The second kappa shape index (κ2) is 8.76. The van der Waals surface area contributed by atoms with E-state index in [1.165, 1.54) is 0 Å². The Morgan fingerprint density at radius 2 is 2.04 bits per heavy atom. The van der Waals surface area contributed by atoms with Gasteiger partial charge in [-0.05, 0) is 22.8 Å². The van der Waals surface area contributed by atoms with Crippen LogP contribution in [-0.4, -0.2) is 40.9 Å². The first kappa shape index (κ1) is 18.4. The van der Waals surface area contributed by atoms with Crippen LogP contribution in [0.5, 0.6) is 0 Å². The van der Waals surface area contributed by atoms with E-state index in [0.29, 0.717) is 18.1 Å². The van der Waals surface area contributed by atoms with E-state index in [-0.39, 0.29) is 12.3 Å². The Bertz CT molecular complexity index is 666. The molecule has 2 aromatic rings. The normalized spacial score (nSPS) is 11.3. The first-order chi connectivity index (χ1) is 11.5. The fourth-order valence-electron chi connectivity index (χ4n) is 2.24. The molecule has 0 aliphatic heterocycles. The lowest BCUT2D eigenvalue weighted by Crippen LogP contribution is -2.15. The average molecular weight is 352 g/mol. The summed E-state index contributed by atoms with van der Waals surface area (Å²) in [5, 5.41) is 21.1. The van der Waals surface area contributed by atoms with Crippen LogP contribution in [0.15, 0.2) is 5.16 Å². The first-order valence-corrected chi connectivity index (χ1v) is 9.08. The molecule has 2 rings (SSSR count). The quantitative estimate of drug-likeness (QED) is 0.635. The van der Waals surface area contributed by atoms with Crippen molar-refractivity contribution in [3.63, 3.8) is 0 Å². The van der Waals surface area contributed by atoms with Crippen LogP contribution in [0.2, 0.25) is 0 Å². The maximum atomic E-state index is 11.0. The molecule has 0 aromatic carbocycles. The van der Waals surface area contributed by atoms with Crippen molar-refractivity contribution in [3.8, 4) is 0 Å². The van der Waals surface area contributed by atoms with Crippen molar-refractivity contribution in [1.29, 1.82) is 0 Å². The zero-order valence-corrected chi connectivity index (χ0v) is 15.2. The number of rotatable bonds is 10. The number of aromatic nitrogens is 7. The monoisotopic (exact) mass is 352 g/mol. The van der Waals surface area contributed by atoms with Crippen LogP contribution in [0.25, 0.3) is 0 Å². The Labute approximate surface area is 145 Å². The predicted molar refractivity (Wildman–Crippen MR) is 90.0 cm³/mol. The maximum absolute atomic E-state index is 11.0. The molecule has 24 heavy (non-hydrogen) atoms. The van der Waals surface area contributed by atoms with Crippen molar-refractivity contribution < 1.29 is 4.79 Å². The molecule has 0 saturated carbocycles. The van der Waals surface area contributed by atoms with E-state index in [1.807, 2.05) is 4.68 Å². The highest BCUT2D eigenvalue weighted by Gasteiger charge is 2.16. The molecular weight excluding hydrogens is 328 g/mol. The fraction of sp³-hybridized carbons (Fsp3) is 0.714. The highest BCUT2D eigenvalue weighted by molar-refractivity contribution is 7.98. The number of aryl methyl sites for hydroxylation is 2. The van der Waals surface area contributed by atoms with Gasteiger partial charge in [0.25, 0.3) is 0 Å². The molecule has 9 nitrogen and oxygen atoms in total. The lowest BCUT2D eigenvalue weighted by molar-refractivity contribution is -0.118. The lowest BCUT2D eigenvalue weighted by Gasteiger charge is -2.12. The van der Waals surface area contributed by atoms with E-state index in [2.05, 4.69) is 51.1 Å². The molecular formula is C14H24N8OS. The van der Waals surface area contributed by atoms with Gasteiger partial charge < -0.3 is 10.3 Å². The van der Waals surface area contributed by atoms with E-state index in [1.54, 1.807) is 11.8 Å². The summed E-state index contributed by atoms with van der Waals surface area (Å²) in [4.78, 5) is 11.0. The van der Waals surface area contributed by atoms with Crippen LogP contribution in [0.4, 0.5) is 0 Å². The molecule has 0 unspecified atom stereocenters. The van der Waals surface area contributed by atoms with E-state index in [9.17, 15) is 4.79 Å². The maximum Gasteiger partial charge on any atom is 0.217 e. The zero-order chi connectivity index (χ0) is 17.5. The minimum atomic E-state index is -0.331. The molecule has 0 aliphatic carbocycles. The third-order valence-electron chi connectivity index (χ3n) is 3.31. The van der Waals surface area contributed by atoms with Crippen LogP contribution < -0.4 is 5.73 Å². The van der Waals surface area contributed by atoms with Gasteiger partial charge in [-0.2, -0.15) is 0 Å². The minimum absolute atomic E-state index is 0.273. The Morgan fingerprint density at radius 3 is 2.71 bits per heavy atom. The summed E-state index contributed by atoms with van der Waals surface area (Å²) in [6.45, 7) is 7.94. The highest BCUT2D eigenvalue weighted by atomic mass is 32.2. The minimum Gasteiger partial charge on any atom is -0.370 e. The number of amides is 1. The molecule has 10 heteroatoms. The van der Waals surface area contributed by atoms with Gasteiger partial charge in [0.1, 0.15) is 5.82 Å². The molecule has 0 fully saturated rings. The summed E-state index contributed by atoms with van der Waals surface area (Å²) in [5.74, 6) is 2.34. The molecule has 0 atom stereocenters. The van der Waals surface area contributed by atoms with Crippen LogP contribution in [0.3, 0.4) is 0 Å². The number of hydrogen-bond donors (Lipinski definition) is 1. The first-order valence-electron chi connectivity index (χ1n) is 8.09. The van der Waals surface area contributed by atoms with Crippen LogP contribution in [0, 0.1) is 5.92 Å². The third-order valence-corrected chi connectivity index (χ3v) is 4.27. The average Bonchev–Trinajstić information content (AvgIpc) is 3.10. The van der Waals surface area contributed by atoms with Crippen molar-refractivity contribution in [3.05, 3.63) is 11.6 Å². The number of tetrazole rings is 1. The lowest BCUT2D eigenvalue weighted by atomic mass is 10.2. The van der Waals surface area contributed by atoms with Gasteiger partial charge in [0.05, 0.1) is 5.75 Å². The second-order valence-electron chi connectivity index (χ2n) is 5.98. The molecule has 0 saturated heterocycles. The molecule has 2 N–H and O–H groups in total. The third kappa shape index (κ3) is 5.02. The van der Waals surface area contributed by atoms with Crippen LogP contribution >= 0.6 is 11.8 Å². The van der Waals surface area contributed by atoms with Gasteiger partial charge in [-0.3, -0.25) is 4.79 Å². The Morgan fingerprint density at radius 1 is 1.25 bits per heavy atom. The van der Waals surface area contributed by atoms with E-state index in [4.69, 9.17) is 5.73 Å². The molecule has 2 aromatic heterocycles. The van der Waals surface area contributed by atoms with Crippen molar-refractivity contribution in [2.45, 2.75) is 64.0 Å². The summed E-state index contributed by atoms with van der Waals surface area (Å²) < 4.78 is 3.87. The van der Waals surface area contributed by atoms with Crippen LogP contribution in [0.1, 0.15) is 45.3 Å². The van der Waals surface area contributed by atoms with Gasteiger partial charge in [-0.15, -0.1) is 15.3 Å². The zero-order valence-electron chi connectivity index (χ0n) is 14.3. The van der Waals surface area contributed by atoms with Crippen molar-refractivity contribution in [2.24, 2.45) is 11.7 Å². The number of nitrogens with two attached hydrogens (primary N) is 1. The molecule has 0 bridgehead atoms. The summed E-state index contributed by atoms with van der Waals surface area (Å²) in [5.41, 5.74) is 5.24. The summed E-state index contributed by atoms with van der Waals surface area (Å²) in [6.07, 6.45) is 1.75. The van der Waals surface area contributed by atoms with E-state index < -0.39 is 0 Å². The van der Waals surface area contributed by atoms with Crippen molar-refractivity contribution >= 4 is 17.7 Å².